The molecule has 1 aromatic carbocycles. The van der Waals surface area contributed by atoms with Crippen LogP contribution in [0.25, 0.3) is 0 Å². The highest BCUT2D eigenvalue weighted by atomic mass is 16.5. The quantitative estimate of drug-likeness (QED) is 0.829. The van der Waals surface area contributed by atoms with Crippen LogP contribution < -0.4 is 15.0 Å². The zero-order valence-corrected chi connectivity index (χ0v) is 14.0. The van der Waals surface area contributed by atoms with Gasteiger partial charge in [-0.25, -0.2) is 0 Å². The van der Waals surface area contributed by atoms with Gasteiger partial charge in [-0.05, 0) is 37.1 Å². The van der Waals surface area contributed by atoms with Crippen LogP contribution in [0.4, 0.5) is 5.69 Å². The van der Waals surface area contributed by atoms with Gasteiger partial charge in [0, 0.05) is 37.3 Å². The molecule has 0 saturated heterocycles. The molecule has 0 atom stereocenters. The van der Waals surface area contributed by atoms with Crippen LogP contribution in [0.3, 0.4) is 0 Å². The molecular weight excluding hydrogens is 260 g/mol. The average molecular weight is 290 g/mol. The monoisotopic (exact) mass is 290 g/mol. The second-order valence-electron chi connectivity index (χ2n) is 6.80. The van der Waals surface area contributed by atoms with Crippen LogP contribution in [-0.4, -0.2) is 33.3 Å². The van der Waals surface area contributed by atoms with Crippen LogP contribution in [0.1, 0.15) is 39.5 Å². The van der Waals surface area contributed by atoms with Gasteiger partial charge in [-0.2, -0.15) is 0 Å². The highest BCUT2D eigenvalue weighted by molar-refractivity contribution is 5.48. The van der Waals surface area contributed by atoms with Crippen LogP contribution in [-0.2, 0) is 0 Å². The Kier molecular flexibility index (Phi) is 5.51. The van der Waals surface area contributed by atoms with Gasteiger partial charge in [-0.3, -0.25) is 0 Å². The maximum Gasteiger partial charge on any atom is 0.119 e. The second-order valence-corrected chi connectivity index (χ2v) is 6.80. The predicted octanol–water partition coefficient (Wildman–Crippen LogP) is 3.69. The van der Waals surface area contributed by atoms with E-state index in [0.29, 0.717) is 11.5 Å². The van der Waals surface area contributed by atoms with Gasteiger partial charge in [0.15, 0.2) is 0 Å². The van der Waals surface area contributed by atoms with Crippen LogP contribution in [0, 0.1) is 5.41 Å². The topological polar surface area (TPSA) is 24.5 Å². The summed E-state index contributed by atoms with van der Waals surface area (Å²) < 4.78 is 5.24. The molecule has 0 bridgehead atoms. The van der Waals surface area contributed by atoms with E-state index in [4.69, 9.17) is 4.74 Å². The van der Waals surface area contributed by atoms with Gasteiger partial charge in [0.2, 0.25) is 0 Å². The molecule has 1 N–H and O–H groups in total. The third-order valence-electron chi connectivity index (χ3n) is 4.64. The van der Waals surface area contributed by atoms with E-state index >= 15 is 0 Å². The van der Waals surface area contributed by atoms with E-state index in [-0.39, 0.29) is 0 Å². The van der Waals surface area contributed by atoms with Crippen molar-refractivity contribution in [2.24, 2.45) is 5.41 Å². The van der Waals surface area contributed by atoms with Crippen molar-refractivity contribution in [2.45, 2.75) is 45.6 Å². The van der Waals surface area contributed by atoms with Gasteiger partial charge >= 0.3 is 0 Å². The van der Waals surface area contributed by atoms with Crippen molar-refractivity contribution in [3.8, 4) is 5.75 Å². The molecule has 0 heterocycles. The minimum Gasteiger partial charge on any atom is -0.497 e. The average Bonchev–Trinajstić information content (AvgIpc) is 2.94. The summed E-state index contributed by atoms with van der Waals surface area (Å²) in [6, 6.07) is 8.95. The van der Waals surface area contributed by atoms with E-state index in [9.17, 15) is 0 Å². The maximum atomic E-state index is 5.24. The van der Waals surface area contributed by atoms with Crippen LogP contribution in [0.15, 0.2) is 24.3 Å². The number of hydrogen-bond donors (Lipinski definition) is 1. The Balaban J connectivity index is 2.01. The first-order valence-corrected chi connectivity index (χ1v) is 8.13. The van der Waals surface area contributed by atoms with E-state index in [1.165, 1.54) is 31.4 Å². The van der Waals surface area contributed by atoms with E-state index in [1.54, 1.807) is 7.11 Å². The second kappa shape index (κ2) is 7.17. The molecule has 0 aromatic heterocycles. The number of nitrogens with one attached hydrogen (secondary N) is 1. The fourth-order valence-corrected chi connectivity index (χ4v) is 3.37. The van der Waals surface area contributed by atoms with Crippen LogP contribution >= 0.6 is 0 Å². The first kappa shape index (κ1) is 16.2. The lowest BCUT2D eigenvalue weighted by Crippen LogP contribution is -2.43. The van der Waals surface area contributed by atoms with E-state index in [0.717, 1.165) is 18.8 Å². The minimum atomic E-state index is 0.430. The van der Waals surface area contributed by atoms with E-state index in [1.807, 2.05) is 12.1 Å². The molecule has 1 aromatic rings. The summed E-state index contributed by atoms with van der Waals surface area (Å²) in [6.45, 7) is 6.72. The number of methoxy groups -OCH3 is 1. The lowest BCUT2D eigenvalue weighted by atomic mass is 9.85. The van der Waals surface area contributed by atoms with Crippen molar-refractivity contribution in [1.82, 2.24) is 5.32 Å². The molecule has 0 unspecified atom stereocenters. The molecule has 1 fully saturated rings. The van der Waals surface area contributed by atoms with Crippen molar-refractivity contribution in [3.05, 3.63) is 24.3 Å². The molecule has 3 nitrogen and oxygen atoms in total. The molecule has 0 radical (unpaired) electrons. The number of anilines is 1. The van der Waals surface area contributed by atoms with Crippen LogP contribution in [0.2, 0.25) is 0 Å². The first-order valence-electron chi connectivity index (χ1n) is 8.13. The largest absolute Gasteiger partial charge is 0.497 e. The normalized spacial score (nSPS) is 17.2. The molecule has 118 valence electrons. The Bertz CT molecular complexity index is 421. The molecule has 0 amide bonds. The highest BCUT2D eigenvalue weighted by Crippen LogP contribution is 2.39. The van der Waals surface area contributed by atoms with Crippen molar-refractivity contribution in [2.75, 3.05) is 32.1 Å². The van der Waals surface area contributed by atoms with Crippen molar-refractivity contribution in [3.63, 3.8) is 0 Å². The zero-order valence-electron chi connectivity index (χ0n) is 14.0. The van der Waals surface area contributed by atoms with Gasteiger partial charge in [0.05, 0.1) is 7.11 Å². The molecule has 3 heteroatoms. The summed E-state index contributed by atoms with van der Waals surface area (Å²) in [6.07, 6.45) is 5.42. The van der Waals surface area contributed by atoms with Crippen LogP contribution in [0.5, 0.6) is 5.75 Å². The third kappa shape index (κ3) is 4.37. The Labute approximate surface area is 129 Å². The third-order valence-corrected chi connectivity index (χ3v) is 4.64. The summed E-state index contributed by atoms with van der Waals surface area (Å²) in [5.74, 6) is 0.921. The van der Waals surface area contributed by atoms with E-state index in [2.05, 4.69) is 43.2 Å². The van der Waals surface area contributed by atoms with Crippen molar-refractivity contribution in [1.29, 1.82) is 0 Å². The summed E-state index contributed by atoms with van der Waals surface area (Å²) in [4.78, 5) is 2.40. The molecule has 1 saturated carbocycles. The van der Waals surface area contributed by atoms with Gasteiger partial charge in [-0.15, -0.1) is 0 Å². The lowest BCUT2D eigenvalue weighted by molar-refractivity contribution is 0.278. The fraction of sp³-hybridized carbons (Fsp3) is 0.667. The minimum absolute atomic E-state index is 0.430. The first-order chi connectivity index (χ1) is 10.0. The standard InChI is InChI=1S/C18H30N2O/c1-15(2)19-13-18(11-5-6-12-18)14-20(3)16-7-9-17(21-4)10-8-16/h7-10,15,19H,5-6,11-14H2,1-4H3. The Morgan fingerprint density at radius 3 is 2.33 bits per heavy atom. The molecule has 1 aliphatic carbocycles. The predicted molar refractivity (Wildman–Crippen MR) is 90.3 cm³/mol. The smallest absolute Gasteiger partial charge is 0.119 e. The Hall–Kier alpha value is -1.22. The molecular formula is C18H30N2O. The highest BCUT2D eigenvalue weighted by Gasteiger charge is 2.34. The summed E-state index contributed by atoms with van der Waals surface area (Å²) in [5, 5.41) is 3.66. The van der Waals surface area contributed by atoms with Crippen molar-refractivity contribution < 1.29 is 4.74 Å². The molecule has 0 spiro atoms. The van der Waals surface area contributed by atoms with E-state index < -0.39 is 0 Å². The molecule has 2 rings (SSSR count). The van der Waals surface area contributed by atoms with Gasteiger partial charge in [0.1, 0.15) is 5.75 Å². The summed E-state index contributed by atoms with van der Waals surface area (Å²) >= 11 is 0. The Morgan fingerprint density at radius 1 is 1.19 bits per heavy atom. The Morgan fingerprint density at radius 2 is 1.81 bits per heavy atom. The van der Waals surface area contributed by atoms with Gasteiger partial charge < -0.3 is 15.0 Å². The van der Waals surface area contributed by atoms with Crippen molar-refractivity contribution >= 4 is 5.69 Å². The lowest BCUT2D eigenvalue weighted by Gasteiger charge is -2.35. The number of hydrogen-bond acceptors (Lipinski definition) is 3. The zero-order chi connectivity index (χ0) is 15.3. The number of benzene rings is 1. The maximum absolute atomic E-state index is 5.24. The fourth-order valence-electron chi connectivity index (χ4n) is 3.37. The summed E-state index contributed by atoms with van der Waals surface area (Å²) in [7, 11) is 3.92. The van der Waals surface area contributed by atoms with Gasteiger partial charge in [-0.1, -0.05) is 26.7 Å². The molecule has 0 aliphatic heterocycles. The number of nitrogens with zero attached hydrogens (tertiary/aromatic N) is 1. The molecule has 21 heavy (non-hydrogen) atoms. The number of rotatable bonds is 7. The SMILES string of the molecule is COc1ccc(N(C)CC2(CNC(C)C)CCCC2)cc1. The summed E-state index contributed by atoms with van der Waals surface area (Å²) in [5.41, 5.74) is 1.70. The van der Waals surface area contributed by atoms with Gasteiger partial charge in [0.25, 0.3) is 0 Å². The molecule has 1 aliphatic rings. The number of ether oxygens (including phenoxy) is 1.